The predicted molar refractivity (Wildman–Crippen MR) is 81.9 cm³/mol. The number of likely N-dealkylation sites (tertiary alicyclic amines) is 1. The van der Waals surface area contributed by atoms with Crippen LogP contribution in [0.4, 0.5) is 0 Å². The summed E-state index contributed by atoms with van der Waals surface area (Å²) in [6.07, 6.45) is 7.32. The van der Waals surface area contributed by atoms with E-state index in [1.54, 1.807) is 6.92 Å². The molecule has 0 radical (unpaired) electrons. The molecule has 120 valence electrons. The van der Waals surface area contributed by atoms with E-state index in [-0.39, 0.29) is 18.2 Å². The van der Waals surface area contributed by atoms with Crippen molar-refractivity contribution in [1.82, 2.24) is 4.90 Å². The molecular formula is C17H29NO3. The molecule has 0 aromatic rings. The van der Waals surface area contributed by atoms with Crippen LogP contribution in [0.2, 0.25) is 0 Å². The van der Waals surface area contributed by atoms with Crippen LogP contribution in [0.3, 0.4) is 0 Å². The van der Waals surface area contributed by atoms with Gasteiger partial charge in [-0.05, 0) is 44.4 Å². The molecule has 4 heteroatoms. The Hall–Kier alpha value is -1.06. The SMILES string of the molecule is CC(C)C(C)(CC(=O)N1CCCC1C1CCCC1)C(=O)O. The van der Waals surface area contributed by atoms with Crippen LogP contribution in [0.25, 0.3) is 0 Å². The van der Waals surface area contributed by atoms with Gasteiger partial charge in [0.25, 0.3) is 0 Å². The number of carbonyl (C=O) groups is 2. The number of hydrogen-bond acceptors (Lipinski definition) is 2. The summed E-state index contributed by atoms with van der Waals surface area (Å²) in [5, 5.41) is 9.50. The zero-order valence-corrected chi connectivity index (χ0v) is 13.6. The average Bonchev–Trinajstić information content (AvgIpc) is 3.08. The normalized spacial score (nSPS) is 26.3. The van der Waals surface area contributed by atoms with E-state index in [0.717, 1.165) is 19.4 Å². The van der Waals surface area contributed by atoms with Crippen molar-refractivity contribution in [2.75, 3.05) is 6.54 Å². The van der Waals surface area contributed by atoms with E-state index >= 15 is 0 Å². The topological polar surface area (TPSA) is 57.6 Å². The number of rotatable bonds is 5. The van der Waals surface area contributed by atoms with Crippen molar-refractivity contribution < 1.29 is 14.7 Å². The molecular weight excluding hydrogens is 266 g/mol. The van der Waals surface area contributed by atoms with Crippen LogP contribution < -0.4 is 0 Å². The Morgan fingerprint density at radius 1 is 1.19 bits per heavy atom. The first-order valence-corrected chi connectivity index (χ1v) is 8.39. The minimum atomic E-state index is -0.958. The molecule has 1 aliphatic heterocycles. The van der Waals surface area contributed by atoms with Gasteiger partial charge in [0.05, 0.1) is 5.41 Å². The smallest absolute Gasteiger partial charge is 0.310 e. The van der Waals surface area contributed by atoms with Crippen LogP contribution in [0, 0.1) is 17.3 Å². The molecule has 0 aromatic carbocycles. The van der Waals surface area contributed by atoms with E-state index < -0.39 is 11.4 Å². The van der Waals surface area contributed by atoms with E-state index in [4.69, 9.17) is 0 Å². The zero-order valence-electron chi connectivity index (χ0n) is 13.6. The molecule has 4 nitrogen and oxygen atoms in total. The van der Waals surface area contributed by atoms with Crippen LogP contribution in [-0.4, -0.2) is 34.5 Å². The van der Waals surface area contributed by atoms with E-state index in [1.165, 1.54) is 25.7 Å². The van der Waals surface area contributed by atoms with Crippen molar-refractivity contribution in [3.63, 3.8) is 0 Å². The molecule has 0 spiro atoms. The third-order valence-corrected chi connectivity index (χ3v) is 5.84. The summed E-state index contributed by atoms with van der Waals surface area (Å²) in [5.74, 6) is -0.219. The van der Waals surface area contributed by atoms with Gasteiger partial charge in [-0.15, -0.1) is 0 Å². The van der Waals surface area contributed by atoms with Crippen molar-refractivity contribution in [2.45, 2.75) is 71.8 Å². The standard InChI is InChI=1S/C17H29NO3/c1-12(2)17(3,16(20)21)11-15(19)18-10-6-9-14(18)13-7-4-5-8-13/h12-14H,4-11H2,1-3H3,(H,20,21). The number of carboxylic acids is 1. The summed E-state index contributed by atoms with van der Waals surface area (Å²) in [6.45, 7) is 6.30. The molecule has 1 heterocycles. The van der Waals surface area contributed by atoms with Crippen molar-refractivity contribution in [2.24, 2.45) is 17.3 Å². The molecule has 0 bridgehead atoms. The molecule has 2 fully saturated rings. The predicted octanol–water partition coefficient (Wildman–Crippen LogP) is 3.30. The zero-order chi connectivity index (χ0) is 15.6. The Labute approximate surface area is 127 Å². The monoisotopic (exact) mass is 295 g/mol. The molecule has 2 aliphatic rings. The second-order valence-corrected chi connectivity index (χ2v) is 7.40. The molecule has 2 unspecified atom stereocenters. The van der Waals surface area contributed by atoms with Crippen molar-refractivity contribution in [3.8, 4) is 0 Å². The van der Waals surface area contributed by atoms with E-state index in [2.05, 4.69) is 0 Å². The fourth-order valence-corrected chi connectivity index (χ4v) is 3.88. The minimum absolute atomic E-state index is 0.0444. The molecule has 1 amide bonds. The largest absolute Gasteiger partial charge is 0.481 e. The first kappa shape index (κ1) is 16.3. The van der Waals surface area contributed by atoms with Gasteiger partial charge in [0.15, 0.2) is 0 Å². The lowest BCUT2D eigenvalue weighted by molar-refractivity contribution is -0.156. The van der Waals surface area contributed by atoms with Crippen LogP contribution in [-0.2, 0) is 9.59 Å². The highest BCUT2D eigenvalue weighted by atomic mass is 16.4. The molecule has 1 aliphatic carbocycles. The Balaban J connectivity index is 2.06. The van der Waals surface area contributed by atoms with Crippen LogP contribution in [0.1, 0.15) is 65.7 Å². The summed E-state index contributed by atoms with van der Waals surface area (Å²) < 4.78 is 0. The maximum atomic E-state index is 12.7. The van der Waals surface area contributed by atoms with Gasteiger partial charge in [-0.2, -0.15) is 0 Å². The van der Waals surface area contributed by atoms with Gasteiger partial charge in [0.1, 0.15) is 0 Å². The number of nitrogens with zero attached hydrogens (tertiary/aromatic N) is 1. The van der Waals surface area contributed by atoms with Crippen LogP contribution in [0.15, 0.2) is 0 Å². The van der Waals surface area contributed by atoms with E-state index in [9.17, 15) is 14.7 Å². The van der Waals surface area contributed by atoms with Gasteiger partial charge in [0.2, 0.25) is 5.91 Å². The highest BCUT2D eigenvalue weighted by Gasteiger charge is 2.43. The van der Waals surface area contributed by atoms with Gasteiger partial charge >= 0.3 is 5.97 Å². The lowest BCUT2D eigenvalue weighted by Crippen LogP contribution is -2.44. The highest BCUT2D eigenvalue weighted by molar-refractivity contribution is 5.85. The highest BCUT2D eigenvalue weighted by Crippen LogP contribution is 2.38. The Morgan fingerprint density at radius 2 is 1.81 bits per heavy atom. The summed E-state index contributed by atoms with van der Waals surface area (Å²) in [7, 11) is 0. The van der Waals surface area contributed by atoms with Gasteiger partial charge < -0.3 is 10.0 Å². The maximum Gasteiger partial charge on any atom is 0.310 e. The van der Waals surface area contributed by atoms with Gasteiger partial charge in [0, 0.05) is 19.0 Å². The molecule has 1 saturated heterocycles. The van der Waals surface area contributed by atoms with Gasteiger partial charge in [-0.3, -0.25) is 9.59 Å². The lowest BCUT2D eigenvalue weighted by atomic mass is 9.76. The molecule has 2 atom stereocenters. The number of amides is 1. The Bertz CT molecular complexity index is 401. The van der Waals surface area contributed by atoms with Crippen LogP contribution >= 0.6 is 0 Å². The van der Waals surface area contributed by atoms with E-state index in [1.807, 2.05) is 18.7 Å². The van der Waals surface area contributed by atoms with Crippen LogP contribution in [0.5, 0.6) is 0 Å². The average molecular weight is 295 g/mol. The molecule has 2 rings (SSSR count). The molecule has 1 saturated carbocycles. The number of carboxylic acid groups (broad SMARTS) is 1. The molecule has 0 aromatic heterocycles. The third-order valence-electron chi connectivity index (χ3n) is 5.84. The maximum absolute atomic E-state index is 12.7. The van der Waals surface area contributed by atoms with E-state index in [0.29, 0.717) is 12.0 Å². The summed E-state index contributed by atoms with van der Waals surface area (Å²) >= 11 is 0. The van der Waals surface area contributed by atoms with Gasteiger partial charge in [-0.1, -0.05) is 26.7 Å². The van der Waals surface area contributed by atoms with Crippen molar-refractivity contribution >= 4 is 11.9 Å². The summed E-state index contributed by atoms with van der Waals surface area (Å²) in [4.78, 5) is 26.3. The lowest BCUT2D eigenvalue weighted by Gasteiger charge is -2.34. The second-order valence-electron chi connectivity index (χ2n) is 7.40. The Morgan fingerprint density at radius 3 is 2.33 bits per heavy atom. The quantitative estimate of drug-likeness (QED) is 0.846. The second kappa shape index (κ2) is 6.37. The number of aliphatic carboxylic acids is 1. The third kappa shape index (κ3) is 3.24. The Kier molecular flexibility index (Phi) is 4.95. The van der Waals surface area contributed by atoms with Crippen molar-refractivity contribution in [1.29, 1.82) is 0 Å². The fraction of sp³-hybridized carbons (Fsp3) is 0.882. The first-order chi connectivity index (χ1) is 9.86. The minimum Gasteiger partial charge on any atom is -0.481 e. The van der Waals surface area contributed by atoms with Gasteiger partial charge in [-0.25, -0.2) is 0 Å². The van der Waals surface area contributed by atoms with Crippen molar-refractivity contribution in [3.05, 3.63) is 0 Å². The fourth-order valence-electron chi connectivity index (χ4n) is 3.88. The number of carbonyl (C=O) groups excluding carboxylic acids is 1. The first-order valence-electron chi connectivity index (χ1n) is 8.39. The number of hydrogen-bond donors (Lipinski definition) is 1. The molecule has 21 heavy (non-hydrogen) atoms. The summed E-state index contributed by atoms with van der Waals surface area (Å²) in [6, 6.07) is 0.366. The molecule has 1 N–H and O–H groups in total. The summed E-state index contributed by atoms with van der Waals surface area (Å²) in [5.41, 5.74) is -0.958.